The third-order valence-electron chi connectivity index (χ3n) is 2.79. The summed E-state index contributed by atoms with van der Waals surface area (Å²) < 4.78 is 4.83. The van der Waals surface area contributed by atoms with Crippen molar-refractivity contribution in [1.82, 2.24) is 10.3 Å². The molecule has 1 rings (SSSR count). The third kappa shape index (κ3) is 5.28. The number of nitrogens with zero attached hydrogens (tertiary/aromatic N) is 1. The van der Waals surface area contributed by atoms with E-state index in [0.29, 0.717) is 18.4 Å². The van der Waals surface area contributed by atoms with E-state index in [1.54, 1.807) is 11.3 Å². The summed E-state index contributed by atoms with van der Waals surface area (Å²) in [5.41, 5.74) is 0.992. The SMILES string of the molecule is COC(=O)C(CC(C)C)NCc1csc(C(C)C)n1. The zero-order valence-corrected chi connectivity index (χ0v) is 13.2. The van der Waals surface area contributed by atoms with Gasteiger partial charge in [-0.15, -0.1) is 11.3 Å². The minimum absolute atomic E-state index is 0.201. The largest absolute Gasteiger partial charge is 0.468 e. The molecule has 108 valence electrons. The monoisotopic (exact) mass is 284 g/mol. The van der Waals surface area contributed by atoms with Crippen LogP contribution in [-0.4, -0.2) is 24.1 Å². The molecule has 4 nitrogen and oxygen atoms in total. The maximum absolute atomic E-state index is 11.7. The van der Waals surface area contributed by atoms with Gasteiger partial charge in [0.1, 0.15) is 6.04 Å². The van der Waals surface area contributed by atoms with Crippen LogP contribution in [0.25, 0.3) is 0 Å². The van der Waals surface area contributed by atoms with Crippen molar-refractivity contribution in [3.8, 4) is 0 Å². The number of aromatic nitrogens is 1. The second kappa shape index (κ2) is 7.60. The minimum atomic E-state index is -0.255. The molecule has 0 aliphatic rings. The molecule has 0 bridgehead atoms. The summed E-state index contributed by atoms with van der Waals surface area (Å²) in [5.74, 6) is 0.692. The molecule has 19 heavy (non-hydrogen) atoms. The topological polar surface area (TPSA) is 51.2 Å². The fraction of sp³-hybridized carbons (Fsp3) is 0.714. The molecule has 0 aromatic carbocycles. The average Bonchev–Trinajstić information content (AvgIpc) is 2.82. The zero-order chi connectivity index (χ0) is 14.4. The number of esters is 1. The van der Waals surface area contributed by atoms with E-state index in [4.69, 9.17) is 4.74 Å². The number of hydrogen-bond acceptors (Lipinski definition) is 5. The first-order chi connectivity index (χ1) is 8.93. The molecule has 1 aromatic rings. The van der Waals surface area contributed by atoms with Gasteiger partial charge in [0.2, 0.25) is 0 Å². The predicted octanol–water partition coefficient (Wildman–Crippen LogP) is 2.94. The fourth-order valence-electron chi connectivity index (χ4n) is 1.77. The molecule has 0 aliphatic carbocycles. The highest BCUT2D eigenvalue weighted by molar-refractivity contribution is 7.09. The molecule has 5 heteroatoms. The summed E-state index contributed by atoms with van der Waals surface area (Å²) >= 11 is 1.67. The standard InChI is InChI=1S/C14H24N2O2S/c1-9(2)6-12(14(17)18-5)15-7-11-8-19-13(16-11)10(3)4/h8-10,12,15H,6-7H2,1-5H3. The van der Waals surface area contributed by atoms with Crippen LogP contribution >= 0.6 is 11.3 Å². The van der Waals surface area contributed by atoms with Gasteiger partial charge in [0.15, 0.2) is 0 Å². The minimum Gasteiger partial charge on any atom is -0.468 e. The van der Waals surface area contributed by atoms with Crippen molar-refractivity contribution < 1.29 is 9.53 Å². The molecule has 1 atom stereocenters. The summed E-state index contributed by atoms with van der Waals surface area (Å²) in [4.78, 5) is 16.2. The molecule has 0 aliphatic heterocycles. The molecule has 0 radical (unpaired) electrons. The summed E-state index contributed by atoms with van der Waals surface area (Å²) in [6.07, 6.45) is 0.772. The van der Waals surface area contributed by atoms with Crippen LogP contribution in [0.4, 0.5) is 0 Å². The predicted molar refractivity (Wildman–Crippen MR) is 78.3 cm³/mol. The Morgan fingerprint density at radius 2 is 2.11 bits per heavy atom. The van der Waals surface area contributed by atoms with Crippen LogP contribution in [0.1, 0.15) is 50.7 Å². The number of carbonyl (C=O) groups excluding carboxylic acids is 1. The van der Waals surface area contributed by atoms with E-state index in [-0.39, 0.29) is 12.0 Å². The molecule has 0 saturated carbocycles. The van der Waals surface area contributed by atoms with Gasteiger partial charge in [0.05, 0.1) is 17.8 Å². The van der Waals surface area contributed by atoms with Crippen molar-refractivity contribution in [1.29, 1.82) is 0 Å². The van der Waals surface area contributed by atoms with Gasteiger partial charge in [-0.1, -0.05) is 27.7 Å². The fourth-order valence-corrected chi connectivity index (χ4v) is 2.61. The molecule has 0 saturated heterocycles. The maximum Gasteiger partial charge on any atom is 0.322 e. The number of hydrogen-bond donors (Lipinski definition) is 1. The first kappa shape index (κ1) is 16.1. The van der Waals surface area contributed by atoms with Crippen LogP contribution in [0.3, 0.4) is 0 Å². The Balaban J connectivity index is 2.57. The summed E-state index contributed by atoms with van der Waals surface area (Å²) in [6.45, 7) is 9.06. The van der Waals surface area contributed by atoms with E-state index in [1.165, 1.54) is 7.11 Å². The van der Waals surface area contributed by atoms with Crippen molar-refractivity contribution in [3.63, 3.8) is 0 Å². The Labute approximate surface area is 119 Å². The Bertz CT molecular complexity index is 402. The van der Waals surface area contributed by atoms with Crippen molar-refractivity contribution in [2.75, 3.05) is 7.11 Å². The van der Waals surface area contributed by atoms with Crippen molar-refractivity contribution in [2.24, 2.45) is 5.92 Å². The third-order valence-corrected chi connectivity index (χ3v) is 3.98. The van der Waals surface area contributed by atoms with E-state index in [9.17, 15) is 4.79 Å². The van der Waals surface area contributed by atoms with E-state index in [2.05, 4.69) is 38.0 Å². The number of ether oxygens (including phenoxy) is 1. The smallest absolute Gasteiger partial charge is 0.322 e. The Morgan fingerprint density at radius 1 is 1.42 bits per heavy atom. The lowest BCUT2D eigenvalue weighted by Crippen LogP contribution is -2.38. The van der Waals surface area contributed by atoms with Gasteiger partial charge in [-0.2, -0.15) is 0 Å². The number of thiazole rings is 1. The highest BCUT2D eigenvalue weighted by Gasteiger charge is 2.20. The van der Waals surface area contributed by atoms with Crippen LogP contribution in [0.15, 0.2) is 5.38 Å². The van der Waals surface area contributed by atoms with Gasteiger partial charge in [0, 0.05) is 17.8 Å². The molecule has 0 spiro atoms. The molecule has 1 aromatic heterocycles. The molecule has 1 unspecified atom stereocenters. The van der Waals surface area contributed by atoms with E-state index in [0.717, 1.165) is 17.1 Å². The number of nitrogens with one attached hydrogen (secondary N) is 1. The second-order valence-corrected chi connectivity index (χ2v) is 6.31. The second-order valence-electron chi connectivity index (χ2n) is 5.42. The Kier molecular flexibility index (Phi) is 6.45. The summed E-state index contributed by atoms with van der Waals surface area (Å²) in [7, 11) is 1.43. The molecule has 1 N–H and O–H groups in total. The zero-order valence-electron chi connectivity index (χ0n) is 12.4. The van der Waals surface area contributed by atoms with Gasteiger partial charge in [0.25, 0.3) is 0 Å². The van der Waals surface area contributed by atoms with Crippen LogP contribution in [-0.2, 0) is 16.1 Å². The van der Waals surface area contributed by atoms with Crippen LogP contribution in [0.2, 0.25) is 0 Å². The number of carbonyl (C=O) groups is 1. The lowest BCUT2D eigenvalue weighted by atomic mass is 10.0. The van der Waals surface area contributed by atoms with Crippen molar-refractivity contribution >= 4 is 17.3 Å². The highest BCUT2D eigenvalue weighted by Crippen LogP contribution is 2.19. The van der Waals surface area contributed by atoms with Crippen LogP contribution in [0.5, 0.6) is 0 Å². The Hall–Kier alpha value is -0.940. The Morgan fingerprint density at radius 3 is 2.58 bits per heavy atom. The van der Waals surface area contributed by atoms with E-state index < -0.39 is 0 Å². The van der Waals surface area contributed by atoms with Gasteiger partial charge >= 0.3 is 5.97 Å². The van der Waals surface area contributed by atoms with Gasteiger partial charge < -0.3 is 4.74 Å². The van der Waals surface area contributed by atoms with Crippen molar-refractivity contribution in [3.05, 3.63) is 16.1 Å². The first-order valence-electron chi connectivity index (χ1n) is 6.69. The van der Waals surface area contributed by atoms with Crippen molar-refractivity contribution in [2.45, 2.75) is 52.6 Å². The molecule has 0 amide bonds. The number of methoxy groups -OCH3 is 1. The van der Waals surface area contributed by atoms with Gasteiger partial charge in [-0.05, 0) is 12.3 Å². The average molecular weight is 284 g/mol. The van der Waals surface area contributed by atoms with E-state index in [1.807, 2.05) is 5.38 Å². The van der Waals surface area contributed by atoms with E-state index >= 15 is 0 Å². The quantitative estimate of drug-likeness (QED) is 0.782. The first-order valence-corrected chi connectivity index (χ1v) is 7.57. The maximum atomic E-state index is 11.7. The van der Waals surface area contributed by atoms with Crippen LogP contribution < -0.4 is 5.32 Å². The van der Waals surface area contributed by atoms with Crippen LogP contribution in [0, 0.1) is 5.92 Å². The molecule has 0 fully saturated rings. The highest BCUT2D eigenvalue weighted by atomic mass is 32.1. The lowest BCUT2D eigenvalue weighted by molar-refractivity contribution is -0.143. The van der Waals surface area contributed by atoms with Gasteiger partial charge in [-0.3, -0.25) is 10.1 Å². The lowest BCUT2D eigenvalue weighted by Gasteiger charge is -2.17. The normalized spacial score (nSPS) is 13.0. The summed E-state index contributed by atoms with van der Waals surface area (Å²) in [6, 6.07) is -0.255. The summed E-state index contributed by atoms with van der Waals surface area (Å²) in [5, 5.41) is 6.42. The number of rotatable bonds is 7. The molecule has 1 heterocycles. The molecular formula is C14H24N2O2S. The molecular weight excluding hydrogens is 260 g/mol. The van der Waals surface area contributed by atoms with Gasteiger partial charge in [-0.25, -0.2) is 4.98 Å².